The van der Waals surface area contributed by atoms with Gasteiger partial charge in [0.2, 0.25) is 11.1 Å². The fraction of sp³-hybridized carbons (Fsp3) is 0.714. The number of likely N-dealkylation sites (tertiary alicyclic amines) is 1. The van der Waals surface area contributed by atoms with Gasteiger partial charge in [-0.15, -0.1) is 5.10 Å². The third-order valence-corrected chi connectivity index (χ3v) is 4.70. The average Bonchev–Trinajstić information content (AvgIpc) is 2.40. The number of piperidine rings is 1. The van der Waals surface area contributed by atoms with E-state index in [2.05, 4.69) is 29.0 Å². The van der Waals surface area contributed by atoms with E-state index in [1.54, 1.807) is 0 Å². The molecule has 5 nitrogen and oxygen atoms in total. The molecule has 2 heterocycles. The Bertz CT molecular complexity index is 484. The monoisotopic (exact) mass is 294 g/mol. The lowest BCUT2D eigenvalue weighted by Crippen LogP contribution is -2.48. The SMILES string of the molecule is Cc1nnc(SCC(=O)N2C(C)CCCC2C)nc1C. The molecule has 1 amide bonds. The van der Waals surface area contributed by atoms with E-state index in [0.29, 0.717) is 23.0 Å². The number of hydrogen-bond donors (Lipinski definition) is 0. The van der Waals surface area contributed by atoms with Crippen molar-refractivity contribution in [1.82, 2.24) is 20.1 Å². The van der Waals surface area contributed by atoms with E-state index in [1.807, 2.05) is 18.7 Å². The lowest BCUT2D eigenvalue weighted by molar-refractivity contribution is -0.134. The highest BCUT2D eigenvalue weighted by Crippen LogP contribution is 2.24. The lowest BCUT2D eigenvalue weighted by Gasteiger charge is -2.39. The summed E-state index contributed by atoms with van der Waals surface area (Å²) in [6, 6.07) is 0.677. The molecule has 1 aliphatic heterocycles. The van der Waals surface area contributed by atoms with Crippen molar-refractivity contribution in [3.8, 4) is 0 Å². The van der Waals surface area contributed by atoms with Crippen molar-refractivity contribution in [3.05, 3.63) is 11.4 Å². The molecule has 20 heavy (non-hydrogen) atoms. The number of carbonyl (C=O) groups is 1. The predicted molar refractivity (Wildman–Crippen MR) is 79.6 cm³/mol. The second-order valence-electron chi connectivity index (χ2n) is 5.48. The minimum absolute atomic E-state index is 0.177. The first-order valence-electron chi connectivity index (χ1n) is 7.11. The van der Waals surface area contributed by atoms with E-state index in [9.17, 15) is 4.79 Å². The number of aromatic nitrogens is 3. The molecule has 1 aliphatic rings. The Labute approximate surface area is 124 Å². The van der Waals surface area contributed by atoms with Crippen LogP contribution in [0.2, 0.25) is 0 Å². The zero-order chi connectivity index (χ0) is 14.7. The van der Waals surface area contributed by atoms with Crippen LogP contribution in [0.4, 0.5) is 0 Å². The van der Waals surface area contributed by atoms with Gasteiger partial charge in [0.25, 0.3) is 0 Å². The zero-order valence-corrected chi connectivity index (χ0v) is 13.4. The third-order valence-electron chi connectivity index (χ3n) is 3.88. The summed E-state index contributed by atoms with van der Waals surface area (Å²) in [7, 11) is 0. The number of rotatable bonds is 3. The molecule has 0 radical (unpaired) electrons. The molecule has 1 fully saturated rings. The van der Waals surface area contributed by atoms with Crippen molar-refractivity contribution in [2.75, 3.05) is 5.75 Å². The van der Waals surface area contributed by atoms with Gasteiger partial charge in [-0.2, -0.15) is 5.10 Å². The maximum absolute atomic E-state index is 12.4. The summed E-state index contributed by atoms with van der Waals surface area (Å²) in [5, 5.41) is 8.65. The molecule has 0 bridgehead atoms. The van der Waals surface area contributed by atoms with E-state index in [0.717, 1.165) is 24.2 Å². The Morgan fingerprint density at radius 1 is 1.20 bits per heavy atom. The largest absolute Gasteiger partial charge is 0.337 e. The van der Waals surface area contributed by atoms with Gasteiger partial charge in [-0.25, -0.2) is 4.98 Å². The second-order valence-corrected chi connectivity index (χ2v) is 6.43. The third kappa shape index (κ3) is 3.48. The predicted octanol–water partition coefficient (Wildman–Crippen LogP) is 2.37. The summed E-state index contributed by atoms with van der Waals surface area (Å²) < 4.78 is 0. The smallest absolute Gasteiger partial charge is 0.233 e. The molecule has 2 rings (SSSR count). The van der Waals surface area contributed by atoms with Gasteiger partial charge in [0, 0.05) is 12.1 Å². The number of aryl methyl sites for hydroxylation is 2. The van der Waals surface area contributed by atoms with Crippen LogP contribution in [0.5, 0.6) is 0 Å². The number of amides is 1. The van der Waals surface area contributed by atoms with Crippen LogP contribution in [0.25, 0.3) is 0 Å². The van der Waals surface area contributed by atoms with Crippen LogP contribution in [0.1, 0.15) is 44.5 Å². The molecule has 1 aromatic heterocycles. The van der Waals surface area contributed by atoms with Crippen LogP contribution in [0, 0.1) is 13.8 Å². The first kappa shape index (κ1) is 15.2. The molecular formula is C14H22N4OS. The zero-order valence-electron chi connectivity index (χ0n) is 12.6. The second kappa shape index (κ2) is 6.52. The molecule has 6 heteroatoms. The summed E-state index contributed by atoms with van der Waals surface area (Å²) in [6.45, 7) is 8.05. The summed E-state index contributed by atoms with van der Waals surface area (Å²) in [4.78, 5) is 18.7. The van der Waals surface area contributed by atoms with Gasteiger partial charge < -0.3 is 4.90 Å². The van der Waals surface area contributed by atoms with Crippen LogP contribution in [-0.4, -0.2) is 43.8 Å². The number of carbonyl (C=O) groups excluding carboxylic acids is 1. The van der Waals surface area contributed by atoms with Crippen molar-refractivity contribution in [1.29, 1.82) is 0 Å². The molecule has 1 saturated heterocycles. The van der Waals surface area contributed by atoms with Gasteiger partial charge in [-0.1, -0.05) is 11.8 Å². The summed E-state index contributed by atoms with van der Waals surface area (Å²) >= 11 is 1.37. The van der Waals surface area contributed by atoms with Crippen molar-refractivity contribution >= 4 is 17.7 Å². The number of hydrogen-bond acceptors (Lipinski definition) is 5. The first-order valence-corrected chi connectivity index (χ1v) is 8.09. The molecular weight excluding hydrogens is 272 g/mol. The Balaban J connectivity index is 1.95. The average molecular weight is 294 g/mol. The highest BCUT2D eigenvalue weighted by molar-refractivity contribution is 7.99. The summed E-state index contributed by atoms with van der Waals surface area (Å²) in [5.74, 6) is 0.565. The summed E-state index contributed by atoms with van der Waals surface area (Å²) in [6.07, 6.45) is 3.41. The van der Waals surface area contributed by atoms with E-state index >= 15 is 0 Å². The van der Waals surface area contributed by atoms with Gasteiger partial charge in [-0.05, 0) is 47.0 Å². The fourth-order valence-corrected chi connectivity index (χ4v) is 3.31. The van der Waals surface area contributed by atoms with Gasteiger partial charge >= 0.3 is 0 Å². The van der Waals surface area contributed by atoms with Gasteiger partial charge in [0.1, 0.15) is 0 Å². The van der Waals surface area contributed by atoms with E-state index in [4.69, 9.17) is 0 Å². The summed E-state index contributed by atoms with van der Waals surface area (Å²) in [5.41, 5.74) is 1.70. The highest BCUT2D eigenvalue weighted by atomic mass is 32.2. The molecule has 1 aromatic rings. The van der Waals surface area contributed by atoms with E-state index < -0.39 is 0 Å². The Morgan fingerprint density at radius 3 is 2.45 bits per heavy atom. The topological polar surface area (TPSA) is 59.0 Å². The van der Waals surface area contributed by atoms with Gasteiger partial charge in [0.15, 0.2) is 0 Å². The van der Waals surface area contributed by atoms with Crippen molar-refractivity contribution < 1.29 is 4.79 Å². The number of thioether (sulfide) groups is 1. The van der Waals surface area contributed by atoms with Gasteiger partial charge in [0.05, 0.1) is 17.1 Å². The molecule has 2 unspecified atom stereocenters. The molecule has 2 atom stereocenters. The van der Waals surface area contributed by atoms with Gasteiger partial charge in [-0.3, -0.25) is 4.79 Å². The first-order chi connectivity index (χ1) is 9.49. The molecule has 0 spiro atoms. The molecule has 0 saturated carbocycles. The minimum Gasteiger partial charge on any atom is -0.337 e. The maximum atomic E-state index is 12.4. The molecule has 0 N–H and O–H groups in total. The standard InChI is InChI=1S/C14H22N4OS/c1-9-6-5-7-10(2)18(9)13(19)8-20-14-15-11(3)12(4)16-17-14/h9-10H,5-8H2,1-4H3. The van der Waals surface area contributed by atoms with Crippen LogP contribution >= 0.6 is 11.8 Å². The molecule has 0 aliphatic carbocycles. The Kier molecular flexibility index (Phi) is 4.96. The lowest BCUT2D eigenvalue weighted by atomic mass is 9.98. The Morgan fingerprint density at radius 2 is 1.85 bits per heavy atom. The molecule has 0 aromatic carbocycles. The quantitative estimate of drug-likeness (QED) is 0.801. The minimum atomic E-state index is 0.177. The fourth-order valence-electron chi connectivity index (χ4n) is 2.61. The van der Waals surface area contributed by atoms with Crippen molar-refractivity contribution in [2.24, 2.45) is 0 Å². The van der Waals surface area contributed by atoms with Crippen molar-refractivity contribution in [2.45, 2.75) is 64.2 Å². The highest BCUT2D eigenvalue weighted by Gasteiger charge is 2.28. The van der Waals surface area contributed by atoms with Crippen molar-refractivity contribution in [3.63, 3.8) is 0 Å². The Hall–Kier alpha value is -1.17. The normalized spacial score (nSPS) is 22.9. The molecule has 110 valence electrons. The van der Waals surface area contributed by atoms with E-state index in [1.165, 1.54) is 18.2 Å². The van der Waals surface area contributed by atoms with Crippen LogP contribution in [0.15, 0.2) is 5.16 Å². The van der Waals surface area contributed by atoms with Crippen LogP contribution < -0.4 is 0 Å². The van der Waals surface area contributed by atoms with Crippen LogP contribution in [-0.2, 0) is 4.79 Å². The number of nitrogens with zero attached hydrogens (tertiary/aromatic N) is 4. The maximum Gasteiger partial charge on any atom is 0.233 e. The van der Waals surface area contributed by atoms with E-state index in [-0.39, 0.29) is 5.91 Å². The van der Waals surface area contributed by atoms with Crippen LogP contribution in [0.3, 0.4) is 0 Å².